The van der Waals surface area contributed by atoms with Gasteiger partial charge in [-0.25, -0.2) is 9.37 Å². The van der Waals surface area contributed by atoms with Gasteiger partial charge in [0, 0.05) is 10.4 Å². The second kappa shape index (κ2) is 7.59. The van der Waals surface area contributed by atoms with Crippen molar-refractivity contribution in [2.24, 2.45) is 0 Å². The smallest absolute Gasteiger partial charge is 0.316 e. The third-order valence-electron chi connectivity index (χ3n) is 3.54. The van der Waals surface area contributed by atoms with E-state index in [0.29, 0.717) is 15.4 Å². The van der Waals surface area contributed by atoms with Crippen molar-refractivity contribution in [3.05, 3.63) is 45.3 Å². The lowest BCUT2D eigenvalue weighted by Gasteiger charge is -2.07. The largest absolute Gasteiger partial charge is 0.462 e. The summed E-state index contributed by atoms with van der Waals surface area (Å²) in [6.45, 7) is 5.46. The molecule has 0 aliphatic carbocycles. The number of thiophene rings is 1. The Morgan fingerprint density at radius 1 is 1.35 bits per heavy atom. The number of aromatic amines is 1. The maximum absolute atomic E-state index is 13.2. The molecule has 0 saturated heterocycles. The highest BCUT2D eigenvalue weighted by Gasteiger charge is 2.17. The lowest BCUT2D eigenvalue weighted by molar-refractivity contribution is -0.144. The molecule has 1 N–H and O–H groups in total. The minimum atomic E-state index is -0.359. The first-order valence-electron chi connectivity index (χ1n) is 7.96. The van der Waals surface area contributed by atoms with Gasteiger partial charge in [-0.2, -0.15) is 0 Å². The van der Waals surface area contributed by atoms with E-state index >= 15 is 0 Å². The van der Waals surface area contributed by atoms with Gasteiger partial charge in [0.1, 0.15) is 10.6 Å². The van der Waals surface area contributed by atoms with Crippen LogP contribution in [0.25, 0.3) is 21.3 Å². The molecule has 8 heteroatoms. The minimum absolute atomic E-state index is 0.0712. The zero-order valence-corrected chi connectivity index (χ0v) is 16.1. The summed E-state index contributed by atoms with van der Waals surface area (Å²) in [6, 6.07) is 6.02. The first-order chi connectivity index (χ1) is 12.3. The van der Waals surface area contributed by atoms with Gasteiger partial charge in [0.15, 0.2) is 5.16 Å². The minimum Gasteiger partial charge on any atom is -0.462 e. The summed E-state index contributed by atoms with van der Waals surface area (Å²) < 4.78 is 18.3. The predicted octanol–water partition coefficient (Wildman–Crippen LogP) is 4.14. The standard InChI is InChI=1S/C18H17FN2O3S2/c1-9(2)24-13(22)8-25-18-20-16(23)15-14(10(3)26-17(15)21-18)11-4-6-12(19)7-5-11/h4-7,9H,8H2,1-3H3,(H,20,21,23). The zero-order valence-electron chi connectivity index (χ0n) is 14.5. The molecule has 0 bridgehead atoms. The van der Waals surface area contributed by atoms with Crippen LogP contribution in [0.4, 0.5) is 4.39 Å². The Morgan fingerprint density at radius 3 is 2.69 bits per heavy atom. The molecule has 0 fully saturated rings. The number of hydrogen-bond donors (Lipinski definition) is 1. The van der Waals surface area contributed by atoms with E-state index in [9.17, 15) is 14.0 Å². The fraction of sp³-hybridized carbons (Fsp3) is 0.278. The van der Waals surface area contributed by atoms with Crippen LogP contribution in [0, 0.1) is 12.7 Å². The molecule has 3 aromatic rings. The van der Waals surface area contributed by atoms with E-state index in [-0.39, 0.29) is 29.2 Å². The van der Waals surface area contributed by atoms with Crippen molar-refractivity contribution in [2.45, 2.75) is 32.0 Å². The molecule has 2 aromatic heterocycles. The van der Waals surface area contributed by atoms with Crippen LogP contribution in [-0.4, -0.2) is 27.8 Å². The van der Waals surface area contributed by atoms with Crippen LogP contribution in [0.3, 0.4) is 0 Å². The highest BCUT2D eigenvalue weighted by Crippen LogP contribution is 2.36. The van der Waals surface area contributed by atoms with Crippen molar-refractivity contribution in [1.82, 2.24) is 9.97 Å². The lowest BCUT2D eigenvalue weighted by atomic mass is 10.0. The number of thioether (sulfide) groups is 1. The quantitative estimate of drug-likeness (QED) is 0.401. The molecule has 0 radical (unpaired) electrons. The summed E-state index contributed by atoms with van der Waals surface area (Å²) in [7, 11) is 0. The van der Waals surface area contributed by atoms with Crippen molar-refractivity contribution in [3.8, 4) is 11.1 Å². The number of aryl methyl sites for hydroxylation is 1. The second-order valence-corrected chi connectivity index (χ2v) is 8.09. The molecule has 26 heavy (non-hydrogen) atoms. The van der Waals surface area contributed by atoms with Crippen LogP contribution in [0.5, 0.6) is 0 Å². The Kier molecular flexibility index (Phi) is 5.43. The first-order valence-corrected chi connectivity index (χ1v) is 9.77. The number of H-pyrrole nitrogens is 1. The third kappa shape index (κ3) is 3.96. The fourth-order valence-electron chi connectivity index (χ4n) is 2.56. The molecule has 0 amide bonds. The molecule has 0 atom stereocenters. The monoisotopic (exact) mass is 392 g/mol. The number of hydrogen-bond acceptors (Lipinski definition) is 6. The lowest BCUT2D eigenvalue weighted by Crippen LogP contribution is -2.14. The van der Waals surface area contributed by atoms with Gasteiger partial charge in [0.05, 0.1) is 17.2 Å². The van der Waals surface area contributed by atoms with Crippen LogP contribution in [0.1, 0.15) is 18.7 Å². The summed E-state index contributed by atoms with van der Waals surface area (Å²) in [5, 5.41) is 0.850. The number of halogens is 1. The SMILES string of the molecule is Cc1sc2nc(SCC(=O)OC(C)C)[nH]c(=O)c2c1-c1ccc(F)cc1. The first kappa shape index (κ1) is 18.6. The maximum atomic E-state index is 13.2. The van der Waals surface area contributed by atoms with Crippen molar-refractivity contribution >= 4 is 39.3 Å². The number of carbonyl (C=O) groups excluding carboxylic acids is 1. The molecule has 3 rings (SSSR count). The summed E-state index contributed by atoms with van der Waals surface area (Å²) in [5.74, 6) is -0.617. The molecule has 0 unspecified atom stereocenters. The van der Waals surface area contributed by atoms with E-state index in [1.165, 1.54) is 23.5 Å². The topological polar surface area (TPSA) is 72.0 Å². The van der Waals surface area contributed by atoms with Gasteiger partial charge in [-0.3, -0.25) is 9.59 Å². The predicted molar refractivity (Wildman–Crippen MR) is 102 cm³/mol. The van der Waals surface area contributed by atoms with Crippen LogP contribution < -0.4 is 5.56 Å². The third-order valence-corrected chi connectivity index (χ3v) is 5.39. The highest BCUT2D eigenvalue weighted by atomic mass is 32.2. The zero-order chi connectivity index (χ0) is 18.8. The van der Waals surface area contributed by atoms with Crippen LogP contribution in [0.2, 0.25) is 0 Å². The number of fused-ring (bicyclic) bond motifs is 1. The van der Waals surface area contributed by atoms with Crippen molar-refractivity contribution in [3.63, 3.8) is 0 Å². The summed E-state index contributed by atoms with van der Waals surface area (Å²) >= 11 is 2.52. The summed E-state index contributed by atoms with van der Waals surface area (Å²) in [5.41, 5.74) is 1.25. The number of rotatable bonds is 5. The fourth-order valence-corrected chi connectivity index (χ4v) is 4.30. The Labute approximate surface area is 157 Å². The number of esters is 1. The summed E-state index contributed by atoms with van der Waals surface area (Å²) in [6.07, 6.45) is -0.184. The Morgan fingerprint density at radius 2 is 2.04 bits per heavy atom. The summed E-state index contributed by atoms with van der Waals surface area (Å²) in [4.78, 5) is 32.9. The van der Waals surface area contributed by atoms with Gasteiger partial charge in [-0.1, -0.05) is 23.9 Å². The van der Waals surface area contributed by atoms with Crippen LogP contribution in [-0.2, 0) is 9.53 Å². The van der Waals surface area contributed by atoms with Gasteiger partial charge >= 0.3 is 5.97 Å². The van der Waals surface area contributed by atoms with Crippen LogP contribution >= 0.6 is 23.1 Å². The van der Waals surface area contributed by atoms with Gasteiger partial charge in [-0.15, -0.1) is 11.3 Å². The van der Waals surface area contributed by atoms with Crippen molar-refractivity contribution in [1.29, 1.82) is 0 Å². The maximum Gasteiger partial charge on any atom is 0.316 e. The average molecular weight is 392 g/mol. The Hall–Kier alpha value is -2.19. The van der Waals surface area contributed by atoms with Crippen molar-refractivity contribution in [2.75, 3.05) is 5.75 Å². The molecule has 5 nitrogen and oxygen atoms in total. The molecule has 0 spiro atoms. The molecule has 136 valence electrons. The van der Waals surface area contributed by atoms with Crippen LogP contribution in [0.15, 0.2) is 34.2 Å². The number of ether oxygens (including phenoxy) is 1. The molecule has 2 heterocycles. The molecular formula is C18H17FN2O3S2. The molecule has 0 aliphatic rings. The number of nitrogens with one attached hydrogen (secondary N) is 1. The second-order valence-electron chi connectivity index (χ2n) is 5.92. The number of benzene rings is 1. The highest BCUT2D eigenvalue weighted by molar-refractivity contribution is 7.99. The molecule has 1 aromatic carbocycles. The van der Waals surface area contributed by atoms with Gasteiger partial charge < -0.3 is 9.72 Å². The van der Waals surface area contributed by atoms with Gasteiger partial charge in [0.25, 0.3) is 5.56 Å². The number of aromatic nitrogens is 2. The normalized spacial score (nSPS) is 11.3. The van der Waals surface area contributed by atoms with Gasteiger partial charge in [-0.05, 0) is 38.5 Å². The number of carbonyl (C=O) groups is 1. The molecular weight excluding hydrogens is 375 g/mol. The van der Waals surface area contributed by atoms with E-state index in [1.54, 1.807) is 26.0 Å². The molecule has 0 saturated carbocycles. The van der Waals surface area contributed by atoms with Gasteiger partial charge in [0.2, 0.25) is 0 Å². The van der Waals surface area contributed by atoms with E-state index < -0.39 is 0 Å². The van der Waals surface area contributed by atoms with E-state index in [1.807, 2.05) is 6.92 Å². The van der Waals surface area contributed by atoms with E-state index in [0.717, 1.165) is 27.8 Å². The molecule has 0 aliphatic heterocycles. The number of nitrogens with zero attached hydrogens (tertiary/aromatic N) is 1. The van der Waals surface area contributed by atoms with E-state index in [2.05, 4.69) is 9.97 Å². The average Bonchev–Trinajstić information content (AvgIpc) is 2.90. The van der Waals surface area contributed by atoms with E-state index in [4.69, 9.17) is 4.74 Å². The Bertz CT molecular complexity index is 1010. The Balaban J connectivity index is 1.94. The van der Waals surface area contributed by atoms with Crippen molar-refractivity contribution < 1.29 is 13.9 Å².